The van der Waals surface area contributed by atoms with Crippen molar-refractivity contribution in [2.75, 3.05) is 0 Å². The molecular weight excluding hydrogens is 338 g/mol. The molecule has 0 aliphatic carbocycles. The van der Waals surface area contributed by atoms with E-state index in [9.17, 15) is 4.79 Å². The SMILES string of the molecule is Cc1cc(=O)[nH]c(-c2ncc(Br)cc2Br)n1. The number of aromatic amines is 1. The molecule has 0 fully saturated rings. The van der Waals surface area contributed by atoms with Gasteiger partial charge in [0.15, 0.2) is 5.82 Å². The largest absolute Gasteiger partial charge is 0.305 e. The Labute approximate surface area is 108 Å². The molecule has 2 heterocycles. The Morgan fingerprint density at radius 2 is 2.06 bits per heavy atom. The fourth-order valence-corrected chi connectivity index (χ4v) is 2.46. The lowest BCUT2D eigenvalue weighted by Crippen LogP contribution is -2.09. The molecule has 0 aromatic carbocycles. The summed E-state index contributed by atoms with van der Waals surface area (Å²) in [6.45, 7) is 1.77. The summed E-state index contributed by atoms with van der Waals surface area (Å²) >= 11 is 6.69. The molecule has 2 aromatic rings. The molecule has 0 unspecified atom stereocenters. The van der Waals surface area contributed by atoms with Crippen molar-refractivity contribution in [1.82, 2.24) is 15.0 Å². The van der Waals surface area contributed by atoms with Crippen molar-refractivity contribution in [3.63, 3.8) is 0 Å². The van der Waals surface area contributed by atoms with Crippen LogP contribution in [0.25, 0.3) is 11.5 Å². The van der Waals surface area contributed by atoms with Crippen LogP contribution in [-0.4, -0.2) is 15.0 Å². The van der Waals surface area contributed by atoms with Gasteiger partial charge in [-0.05, 0) is 44.8 Å². The Kier molecular flexibility index (Phi) is 3.20. The van der Waals surface area contributed by atoms with Crippen LogP contribution >= 0.6 is 31.9 Å². The van der Waals surface area contributed by atoms with Crippen LogP contribution in [0.3, 0.4) is 0 Å². The highest BCUT2D eigenvalue weighted by atomic mass is 79.9. The Balaban J connectivity index is 2.63. The van der Waals surface area contributed by atoms with Gasteiger partial charge in [-0.25, -0.2) is 4.98 Å². The fourth-order valence-electron chi connectivity index (χ4n) is 1.28. The molecule has 4 nitrogen and oxygen atoms in total. The van der Waals surface area contributed by atoms with Crippen LogP contribution in [0.1, 0.15) is 5.69 Å². The van der Waals surface area contributed by atoms with Gasteiger partial charge in [0.1, 0.15) is 5.69 Å². The fraction of sp³-hybridized carbons (Fsp3) is 0.100. The summed E-state index contributed by atoms with van der Waals surface area (Å²) in [7, 11) is 0. The predicted molar refractivity (Wildman–Crippen MR) is 68.2 cm³/mol. The maximum Gasteiger partial charge on any atom is 0.251 e. The lowest BCUT2D eigenvalue weighted by atomic mass is 10.3. The van der Waals surface area contributed by atoms with Crippen LogP contribution in [-0.2, 0) is 0 Å². The summed E-state index contributed by atoms with van der Waals surface area (Å²) in [5.41, 5.74) is 1.10. The first-order valence-corrected chi connectivity index (χ1v) is 6.04. The summed E-state index contributed by atoms with van der Waals surface area (Å²) in [6, 6.07) is 3.29. The third-order valence-corrected chi connectivity index (χ3v) is 2.94. The number of hydrogen-bond acceptors (Lipinski definition) is 3. The van der Waals surface area contributed by atoms with E-state index in [1.807, 2.05) is 6.07 Å². The normalized spacial score (nSPS) is 10.4. The van der Waals surface area contributed by atoms with Gasteiger partial charge < -0.3 is 4.98 Å². The van der Waals surface area contributed by atoms with Crippen LogP contribution in [0.15, 0.2) is 32.1 Å². The zero-order valence-corrected chi connectivity index (χ0v) is 11.5. The Hall–Kier alpha value is -1.01. The monoisotopic (exact) mass is 343 g/mol. The summed E-state index contributed by atoms with van der Waals surface area (Å²) in [4.78, 5) is 22.4. The maximum atomic E-state index is 11.3. The molecule has 1 N–H and O–H groups in total. The number of aromatic nitrogens is 3. The van der Waals surface area contributed by atoms with Crippen LogP contribution in [0.2, 0.25) is 0 Å². The van der Waals surface area contributed by atoms with Crippen molar-refractivity contribution in [2.24, 2.45) is 0 Å². The standard InChI is InChI=1S/C10H7Br2N3O/c1-5-2-8(16)15-10(14-5)9-7(12)3-6(11)4-13-9/h2-4H,1H3,(H,14,15,16). The van der Waals surface area contributed by atoms with Crippen molar-refractivity contribution in [3.8, 4) is 11.5 Å². The second-order valence-electron chi connectivity index (χ2n) is 3.22. The zero-order valence-electron chi connectivity index (χ0n) is 8.29. The van der Waals surface area contributed by atoms with Gasteiger partial charge in [0.25, 0.3) is 5.56 Å². The summed E-state index contributed by atoms with van der Waals surface area (Å²) in [6.07, 6.45) is 1.66. The number of nitrogens with one attached hydrogen (secondary N) is 1. The average Bonchev–Trinajstić information content (AvgIpc) is 2.15. The van der Waals surface area contributed by atoms with Gasteiger partial charge in [0.2, 0.25) is 0 Å². The maximum absolute atomic E-state index is 11.3. The van der Waals surface area contributed by atoms with Crippen LogP contribution in [0.5, 0.6) is 0 Å². The van der Waals surface area contributed by atoms with Crippen molar-refractivity contribution in [1.29, 1.82) is 0 Å². The number of aryl methyl sites for hydroxylation is 1. The summed E-state index contributed by atoms with van der Waals surface area (Å²) in [5.74, 6) is 0.462. The number of rotatable bonds is 1. The van der Waals surface area contributed by atoms with E-state index in [0.29, 0.717) is 17.2 Å². The van der Waals surface area contributed by atoms with Crippen molar-refractivity contribution in [3.05, 3.63) is 43.3 Å². The third-order valence-electron chi connectivity index (χ3n) is 1.90. The van der Waals surface area contributed by atoms with Gasteiger partial charge in [-0.15, -0.1) is 0 Å². The molecule has 0 saturated carbocycles. The number of H-pyrrole nitrogens is 1. The lowest BCUT2D eigenvalue weighted by molar-refractivity contribution is 1.05. The Morgan fingerprint density at radius 3 is 2.69 bits per heavy atom. The van der Waals surface area contributed by atoms with Gasteiger partial charge in [0.05, 0.1) is 0 Å². The van der Waals surface area contributed by atoms with E-state index in [2.05, 4.69) is 46.8 Å². The first-order valence-electron chi connectivity index (χ1n) is 4.45. The van der Waals surface area contributed by atoms with E-state index < -0.39 is 0 Å². The first-order chi connectivity index (χ1) is 7.56. The molecule has 16 heavy (non-hydrogen) atoms. The molecule has 0 bridgehead atoms. The highest BCUT2D eigenvalue weighted by molar-refractivity contribution is 9.11. The number of nitrogens with zero attached hydrogens (tertiary/aromatic N) is 2. The molecule has 0 aliphatic heterocycles. The molecule has 0 atom stereocenters. The second kappa shape index (κ2) is 4.47. The lowest BCUT2D eigenvalue weighted by Gasteiger charge is -2.03. The quantitative estimate of drug-likeness (QED) is 0.865. The number of halogens is 2. The van der Waals surface area contributed by atoms with E-state index in [1.54, 1.807) is 13.1 Å². The molecule has 0 radical (unpaired) electrons. The van der Waals surface area contributed by atoms with Crippen LogP contribution < -0.4 is 5.56 Å². The molecule has 6 heteroatoms. The Morgan fingerprint density at radius 1 is 1.31 bits per heavy atom. The van der Waals surface area contributed by atoms with E-state index in [4.69, 9.17) is 0 Å². The van der Waals surface area contributed by atoms with Gasteiger partial charge in [-0.1, -0.05) is 0 Å². The average molecular weight is 345 g/mol. The third kappa shape index (κ3) is 2.38. The minimum atomic E-state index is -0.181. The van der Waals surface area contributed by atoms with Crippen molar-refractivity contribution >= 4 is 31.9 Å². The first kappa shape index (κ1) is 11.5. The number of hydrogen-bond donors (Lipinski definition) is 1. The van der Waals surface area contributed by atoms with E-state index in [0.717, 1.165) is 8.95 Å². The highest BCUT2D eigenvalue weighted by Gasteiger charge is 2.08. The van der Waals surface area contributed by atoms with Gasteiger partial charge in [-0.3, -0.25) is 9.78 Å². The molecule has 0 spiro atoms. The molecule has 2 aromatic heterocycles. The second-order valence-corrected chi connectivity index (χ2v) is 4.99. The molecule has 0 aliphatic rings. The highest BCUT2D eigenvalue weighted by Crippen LogP contribution is 2.25. The van der Waals surface area contributed by atoms with E-state index >= 15 is 0 Å². The molecule has 0 saturated heterocycles. The predicted octanol–water partition coefficient (Wildman–Crippen LogP) is 2.67. The van der Waals surface area contributed by atoms with Crippen LogP contribution in [0, 0.1) is 6.92 Å². The summed E-state index contributed by atoms with van der Waals surface area (Å²) in [5, 5.41) is 0. The summed E-state index contributed by atoms with van der Waals surface area (Å²) < 4.78 is 1.63. The van der Waals surface area contributed by atoms with E-state index in [-0.39, 0.29) is 5.56 Å². The molecular formula is C10H7Br2N3O. The van der Waals surface area contributed by atoms with Crippen LogP contribution in [0.4, 0.5) is 0 Å². The van der Waals surface area contributed by atoms with Gasteiger partial charge >= 0.3 is 0 Å². The Bertz CT molecular complexity index is 595. The van der Waals surface area contributed by atoms with Gasteiger partial charge in [-0.2, -0.15) is 0 Å². The minimum Gasteiger partial charge on any atom is -0.305 e. The van der Waals surface area contributed by atoms with Gasteiger partial charge in [0, 0.05) is 26.9 Å². The molecule has 0 amide bonds. The minimum absolute atomic E-state index is 0.181. The molecule has 82 valence electrons. The zero-order chi connectivity index (χ0) is 11.7. The van der Waals surface area contributed by atoms with E-state index in [1.165, 1.54) is 6.07 Å². The number of pyridine rings is 1. The van der Waals surface area contributed by atoms with Crippen molar-refractivity contribution in [2.45, 2.75) is 6.92 Å². The topological polar surface area (TPSA) is 58.6 Å². The molecule has 2 rings (SSSR count). The van der Waals surface area contributed by atoms with Crippen molar-refractivity contribution < 1.29 is 0 Å². The smallest absolute Gasteiger partial charge is 0.251 e.